The molecule has 0 aromatic carbocycles. The summed E-state index contributed by atoms with van der Waals surface area (Å²) in [4.78, 5) is 13.3. The Morgan fingerprint density at radius 1 is 1.07 bits per heavy atom. The van der Waals surface area contributed by atoms with Crippen LogP contribution in [0.25, 0.3) is 16.9 Å². The minimum atomic E-state index is 0.341. The molecule has 28 heavy (non-hydrogen) atoms. The fraction of sp³-hybridized carbons (Fsp3) is 0.500. The van der Waals surface area contributed by atoms with Gasteiger partial charge in [0.05, 0.1) is 11.9 Å². The molecule has 0 aliphatic heterocycles. The summed E-state index contributed by atoms with van der Waals surface area (Å²) in [5.41, 5.74) is 8.58. The van der Waals surface area contributed by atoms with Crippen LogP contribution in [-0.4, -0.2) is 43.2 Å². The van der Waals surface area contributed by atoms with Gasteiger partial charge in [-0.05, 0) is 44.2 Å². The molecule has 3 aromatic rings. The second-order valence-corrected chi connectivity index (χ2v) is 7.46. The van der Waals surface area contributed by atoms with E-state index in [9.17, 15) is 0 Å². The molecule has 0 radical (unpaired) electrons. The van der Waals surface area contributed by atoms with Crippen LogP contribution in [0, 0.1) is 0 Å². The molecule has 1 saturated carbocycles. The van der Waals surface area contributed by atoms with Crippen molar-refractivity contribution in [2.45, 2.75) is 57.5 Å². The van der Waals surface area contributed by atoms with E-state index in [1.54, 1.807) is 0 Å². The molecule has 0 saturated heterocycles. The number of fused-ring (bicyclic) bond motifs is 1. The molecule has 3 heterocycles. The number of unbranched alkanes of at least 4 members (excludes halogenated alkanes) is 1. The zero-order chi connectivity index (χ0) is 19.3. The quantitative estimate of drug-likeness (QED) is 0.541. The predicted molar refractivity (Wildman–Crippen MR) is 111 cm³/mol. The predicted octanol–water partition coefficient (Wildman–Crippen LogP) is 3.08. The fourth-order valence-electron chi connectivity index (χ4n) is 3.55. The second-order valence-electron chi connectivity index (χ2n) is 7.46. The minimum absolute atomic E-state index is 0.341. The molecule has 0 spiro atoms. The normalized spacial score (nSPS) is 19.6. The number of rotatable bonds is 7. The van der Waals surface area contributed by atoms with Gasteiger partial charge in [0.25, 0.3) is 0 Å². The van der Waals surface area contributed by atoms with Crippen LogP contribution in [0.3, 0.4) is 0 Å². The number of nitrogens with one attached hydrogen (secondary N) is 2. The van der Waals surface area contributed by atoms with Crippen LogP contribution >= 0.6 is 0 Å². The van der Waals surface area contributed by atoms with Crippen LogP contribution in [0.1, 0.15) is 45.4 Å². The van der Waals surface area contributed by atoms with Gasteiger partial charge in [0.2, 0.25) is 5.95 Å². The third kappa shape index (κ3) is 4.22. The number of nitrogens with zero attached hydrogens (tertiary/aromatic N) is 5. The zero-order valence-corrected chi connectivity index (χ0v) is 16.3. The monoisotopic (exact) mass is 380 g/mol. The molecule has 1 fully saturated rings. The molecule has 8 heteroatoms. The Balaban J connectivity index is 1.51. The Bertz CT molecular complexity index is 896. The number of imidazole rings is 1. The van der Waals surface area contributed by atoms with E-state index in [-0.39, 0.29) is 0 Å². The summed E-state index contributed by atoms with van der Waals surface area (Å²) in [7, 11) is 0. The number of hydrogen-bond acceptors (Lipinski definition) is 7. The van der Waals surface area contributed by atoms with E-state index in [2.05, 4.69) is 32.5 Å². The van der Waals surface area contributed by atoms with E-state index in [1.165, 1.54) is 0 Å². The smallest absolute Gasteiger partial charge is 0.222 e. The minimum Gasteiger partial charge on any atom is -0.366 e. The van der Waals surface area contributed by atoms with E-state index < -0.39 is 0 Å². The molecule has 0 amide bonds. The Kier molecular flexibility index (Phi) is 5.66. The van der Waals surface area contributed by atoms with Gasteiger partial charge in [-0.2, -0.15) is 0 Å². The molecule has 148 valence electrons. The molecule has 1 aliphatic carbocycles. The molecule has 0 atom stereocenters. The van der Waals surface area contributed by atoms with Gasteiger partial charge >= 0.3 is 0 Å². The van der Waals surface area contributed by atoms with Crippen molar-refractivity contribution in [2.24, 2.45) is 5.73 Å². The topological polar surface area (TPSA) is 106 Å². The lowest BCUT2D eigenvalue weighted by Crippen LogP contribution is -2.33. The second kappa shape index (κ2) is 8.52. The zero-order valence-electron chi connectivity index (χ0n) is 16.3. The van der Waals surface area contributed by atoms with Gasteiger partial charge < -0.3 is 16.4 Å². The molecule has 0 bridgehead atoms. The van der Waals surface area contributed by atoms with E-state index in [1.807, 2.05) is 35.2 Å². The summed E-state index contributed by atoms with van der Waals surface area (Å²) in [6, 6.07) is 4.73. The summed E-state index contributed by atoms with van der Waals surface area (Å²) in [6.45, 7) is 3.05. The van der Waals surface area contributed by atoms with Crippen molar-refractivity contribution in [1.29, 1.82) is 0 Å². The Labute approximate surface area is 165 Å². The van der Waals surface area contributed by atoms with Gasteiger partial charge in [-0.1, -0.05) is 13.3 Å². The Morgan fingerprint density at radius 3 is 2.61 bits per heavy atom. The van der Waals surface area contributed by atoms with Crippen LogP contribution in [0.15, 0.2) is 30.7 Å². The largest absolute Gasteiger partial charge is 0.366 e. The SMILES string of the molecule is CCCCNc1ncc(-c2cnc3ccc(NC4CCC(N)CC4)nn23)cn1. The van der Waals surface area contributed by atoms with Gasteiger partial charge in [0.1, 0.15) is 5.82 Å². The van der Waals surface area contributed by atoms with Crippen LogP contribution in [0.2, 0.25) is 0 Å². The first-order valence-electron chi connectivity index (χ1n) is 10.2. The summed E-state index contributed by atoms with van der Waals surface area (Å²) >= 11 is 0. The van der Waals surface area contributed by atoms with Crippen molar-refractivity contribution in [3.63, 3.8) is 0 Å². The molecular weight excluding hydrogens is 352 g/mol. The van der Waals surface area contributed by atoms with Gasteiger partial charge in [0, 0.05) is 36.6 Å². The lowest BCUT2D eigenvalue weighted by Gasteiger charge is -2.27. The maximum absolute atomic E-state index is 6.01. The van der Waals surface area contributed by atoms with Crippen LogP contribution < -0.4 is 16.4 Å². The Hall–Kier alpha value is -2.74. The van der Waals surface area contributed by atoms with E-state index in [0.717, 1.165) is 67.8 Å². The maximum atomic E-state index is 6.01. The highest BCUT2D eigenvalue weighted by Gasteiger charge is 2.19. The van der Waals surface area contributed by atoms with Crippen molar-refractivity contribution in [2.75, 3.05) is 17.2 Å². The van der Waals surface area contributed by atoms with Gasteiger partial charge in [-0.15, -0.1) is 5.10 Å². The first-order chi connectivity index (χ1) is 13.7. The number of aromatic nitrogens is 5. The Morgan fingerprint density at radius 2 is 1.86 bits per heavy atom. The summed E-state index contributed by atoms with van der Waals surface area (Å²) in [5, 5.41) is 11.5. The standard InChI is InChI=1S/C20H28N8/c1-2-3-10-22-20-24-11-14(12-25-20)17-13-23-19-9-8-18(27-28(17)19)26-16-6-4-15(21)5-7-16/h8-9,11-13,15-16H,2-7,10,21H2,1H3,(H,26,27)(H,22,24,25). The third-order valence-electron chi connectivity index (χ3n) is 5.25. The molecule has 8 nitrogen and oxygen atoms in total. The van der Waals surface area contributed by atoms with Crippen molar-refractivity contribution < 1.29 is 0 Å². The van der Waals surface area contributed by atoms with Crippen molar-refractivity contribution >= 4 is 17.4 Å². The van der Waals surface area contributed by atoms with Gasteiger partial charge in [-0.25, -0.2) is 19.5 Å². The first-order valence-corrected chi connectivity index (χ1v) is 10.2. The van der Waals surface area contributed by atoms with E-state index in [4.69, 9.17) is 10.8 Å². The highest BCUT2D eigenvalue weighted by molar-refractivity contribution is 5.62. The van der Waals surface area contributed by atoms with Gasteiger partial charge in [0.15, 0.2) is 5.65 Å². The molecular formula is C20H28N8. The molecule has 0 unspecified atom stereocenters. The molecule has 3 aromatic heterocycles. The lowest BCUT2D eigenvalue weighted by molar-refractivity contribution is 0.410. The average molecular weight is 381 g/mol. The number of nitrogens with two attached hydrogens (primary N) is 1. The maximum Gasteiger partial charge on any atom is 0.222 e. The van der Waals surface area contributed by atoms with Crippen LogP contribution in [0.4, 0.5) is 11.8 Å². The van der Waals surface area contributed by atoms with E-state index >= 15 is 0 Å². The summed E-state index contributed by atoms with van der Waals surface area (Å²) in [6.07, 6.45) is 12.0. The number of anilines is 2. The highest BCUT2D eigenvalue weighted by Crippen LogP contribution is 2.23. The first kappa shape index (κ1) is 18.6. The van der Waals surface area contributed by atoms with Gasteiger partial charge in [-0.3, -0.25) is 0 Å². The van der Waals surface area contributed by atoms with Crippen LogP contribution in [0.5, 0.6) is 0 Å². The van der Waals surface area contributed by atoms with Crippen LogP contribution in [-0.2, 0) is 0 Å². The highest BCUT2D eigenvalue weighted by atomic mass is 15.3. The summed E-state index contributed by atoms with van der Waals surface area (Å²) < 4.78 is 1.85. The lowest BCUT2D eigenvalue weighted by atomic mass is 9.92. The summed E-state index contributed by atoms with van der Waals surface area (Å²) in [5.74, 6) is 1.50. The third-order valence-corrected chi connectivity index (χ3v) is 5.25. The fourth-order valence-corrected chi connectivity index (χ4v) is 3.55. The average Bonchev–Trinajstić information content (AvgIpc) is 3.14. The molecule has 1 aliphatic rings. The van der Waals surface area contributed by atoms with E-state index in [0.29, 0.717) is 18.0 Å². The van der Waals surface area contributed by atoms with Crippen molar-refractivity contribution in [3.8, 4) is 11.3 Å². The number of hydrogen-bond donors (Lipinski definition) is 3. The molecule has 4 rings (SSSR count). The molecule has 4 N–H and O–H groups in total. The van der Waals surface area contributed by atoms with Crippen molar-refractivity contribution in [3.05, 3.63) is 30.7 Å². The van der Waals surface area contributed by atoms with Crippen molar-refractivity contribution in [1.82, 2.24) is 24.6 Å².